The molecule has 1 aliphatic heterocycles. The summed E-state index contributed by atoms with van der Waals surface area (Å²) in [7, 11) is 3.20. The molecule has 1 aromatic heterocycles. The predicted molar refractivity (Wildman–Crippen MR) is 118 cm³/mol. The van der Waals surface area contributed by atoms with Gasteiger partial charge in [-0.3, -0.25) is 4.79 Å². The number of carbonyl (C=O) groups excluding carboxylic acids is 1. The minimum absolute atomic E-state index is 0.126. The van der Waals surface area contributed by atoms with E-state index in [-0.39, 0.29) is 11.7 Å². The maximum absolute atomic E-state index is 12.5. The fraction of sp³-hybridized carbons (Fsp3) is 0.273. The number of rotatable bonds is 8. The van der Waals surface area contributed by atoms with Crippen molar-refractivity contribution in [1.29, 1.82) is 0 Å². The van der Waals surface area contributed by atoms with E-state index in [1.807, 2.05) is 36.4 Å². The van der Waals surface area contributed by atoms with Gasteiger partial charge in [0.05, 0.1) is 32.7 Å². The maximum atomic E-state index is 12.5. The molecular weight excluding hydrogens is 418 g/mol. The normalized spacial score (nSPS) is 12.3. The standard InChI is InChI=1S/C22H23N3O5S/c1-27-18-5-3-4-15(22(18)28-2)13-25-20(8-9-23-25)24-21(26)14-31-16-6-7-17-19(12-16)30-11-10-29-17/h3-9,12H,10-11,13-14H2,1-2H3,(H,24,26). The highest BCUT2D eigenvalue weighted by molar-refractivity contribution is 8.00. The number of carbonyl (C=O) groups is 1. The van der Waals surface area contributed by atoms with Gasteiger partial charge in [-0.15, -0.1) is 11.8 Å². The summed E-state index contributed by atoms with van der Waals surface area (Å²) in [5.74, 6) is 3.48. The number of hydrogen-bond acceptors (Lipinski definition) is 7. The summed E-state index contributed by atoms with van der Waals surface area (Å²) in [5, 5.41) is 7.25. The molecule has 2 aromatic carbocycles. The Morgan fingerprint density at radius 1 is 1.13 bits per heavy atom. The number of thioether (sulfide) groups is 1. The Kier molecular flexibility index (Phi) is 6.51. The molecule has 0 spiro atoms. The molecule has 0 aliphatic carbocycles. The number of methoxy groups -OCH3 is 2. The topological polar surface area (TPSA) is 83.8 Å². The van der Waals surface area contributed by atoms with Crippen molar-refractivity contribution in [2.45, 2.75) is 11.4 Å². The number of nitrogens with one attached hydrogen (secondary N) is 1. The number of benzene rings is 2. The zero-order valence-corrected chi connectivity index (χ0v) is 18.1. The highest BCUT2D eigenvalue weighted by Crippen LogP contribution is 2.34. The van der Waals surface area contributed by atoms with Crippen LogP contribution < -0.4 is 24.3 Å². The molecular formula is C22H23N3O5S. The molecule has 9 heteroatoms. The minimum atomic E-state index is -0.126. The van der Waals surface area contributed by atoms with E-state index < -0.39 is 0 Å². The SMILES string of the molecule is COc1cccc(Cn2nccc2NC(=O)CSc2ccc3c(c2)OCCO3)c1OC. The highest BCUT2D eigenvalue weighted by atomic mass is 32.2. The molecule has 1 aliphatic rings. The van der Waals surface area contributed by atoms with Gasteiger partial charge in [0.2, 0.25) is 5.91 Å². The Hall–Kier alpha value is -3.33. The van der Waals surface area contributed by atoms with Crippen molar-refractivity contribution in [3.8, 4) is 23.0 Å². The molecule has 0 bridgehead atoms. The van der Waals surface area contributed by atoms with Gasteiger partial charge in [0.15, 0.2) is 23.0 Å². The molecule has 162 valence electrons. The largest absolute Gasteiger partial charge is 0.493 e. The first-order valence-electron chi connectivity index (χ1n) is 9.72. The van der Waals surface area contributed by atoms with Crippen molar-refractivity contribution in [3.63, 3.8) is 0 Å². The molecule has 1 N–H and O–H groups in total. The summed E-state index contributed by atoms with van der Waals surface area (Å²) in [6, 6.07) is 13.1. The summed E-state index contributed by atoms with van der Waals surface area (Å²) >= 11 is 1.43. The number of para-hydroxylation sites is 1. The van der Waals surface area contributed by atoms with Crippen molar-refractivity contribution < 1.29 is 23.7 Å². The van der Waals surface area contributed by atoms with Gasteiger partial charge in [-0.1, -0.05) is 12.1 Å². The van der Waals surface area contributed by atoms with E-state index in [4.69, 9.17) is 18.9 Å². The van der Waals surface area contributed by atoms with Crippen molar-refractivity contribution in [3.05, 3.63) is 54.2 Å². The van der Waals surface area contributed by atoms with Crippen LogP contribution in [0.3, 0.4) is 0 Å². The quantitative estimate of drug-likeness (QED) is 0.536. The Morgan fingerprint density at radius 3 is 2.77 bits per heavy atom. The Labute approximate surface area is 184 Å². The van der Waals surface area contributed by atoms with E-state index in [1.165, 1.54) is 11.8 Å². The van der Waals surface area contributed by atoms with E-state index in [0.29, 0.717) is 42.8 Å². The van der Waals surface area contributed by atoms with E-state index in [9.17, 15) is 4.79 Å². The van der Waals surface area contributed by atoms with Gasteiger partial charge in [-0.2, -0.15) is 5.10 Å². The van der Waals surface area contributed by atoms with Crippen LogP contribution in [0, 0.1) is 0 Å². The third-order valence-electron chi connectivity index (χ3n) is 4.67. The first-order chi connectivity index (χ1) is 15.2. The summed E-state index contributed by atoms with van der Waals surface area (Å²) in [6.45, 7) is 1.51. The first kappa shape index (κ1) is 20.9. The third kappa shape index (κ3) is 4.88. The predicted octanol–water partition coefficient (Wildman–Crippen LogP) is 3.45. The van der Waals surface area contributed by atoms with Gasteiger partial charge in [-0.05, 0) is 24.3 Å². The second-order valence-electron chi connectivity index (χ2n) is 6.67. The molecule has 8 nitrogen and oxygen atoms in total. The van der Waals surface area contributed by atoms with Crippen LogP contribution >= 0.6 is 11.8 Å². The molecule has 0 atom stereocenters. The van der Waals surface area contributed by atoms with Gasteiger partial charge in [0.25, 0.3) is 0 Å². The number of anilines is 1. The van der Waals surface area contributed by atoms with Crippen LogP contribution in [0.4, 0.5) is 5.82 Å². The van der Waals surface area contributed by atoms with Crippen LogP contribution in [0.2, 0.25) is 0 Å². The lowest BCUT2D eigenvalue weighted by Crippen LogP contribution is -2.18. The van der Waals surface area contributed by atoms with E-state index in [1.54, 1.807) is 31.2 Å². The number of nitrogens with zero attached hydrogens (tertiary/aromatic N) is 2. The highest BCUT2D eigenvalue weighted by Gasteiger charge is 2.15. The van der Waals surface area contributed by atoms with Crippen LogP contribution in [0.15, 0.2) is 53.6 Å². The number of hydrogen-bond donors (Lipinski definition) is 1. The maximum Gasteiger partial charge on any atom is 0.235 e. The molecule has 4 rings (SSSR count). The van der Waals surface area contributed by atoms with E-state index in [0.717, 1.165) is 16.2 Å². The first-order valence-corrected chi connectivity index (χ1v) is 10.7. The number of amides is 1. The van der Waals surface area contributed by atoms with Crippen LogP contribution in [0.25, 0.3) is 0 Å². The Balaban J connectivity index is 1.39. The summed E-state index contributed by atoms with van der Waals surface area (Å²) in [6.07, 6.45) is 1.65. The molecule has 1 amide bonds. The molecule has 3 aromatic rings. The average molecular weight is 442 g/mol. The van der Waals surface area contributed by atoms with Crippen LogP contribution in [-0.4, -0.2) is 48.9 Å². The molecule has 0 unspecified atom stereocenters. The average Bonchev–Trinajstić information content (AvgIpc) is 3.23. The van der Waals surface area contributed by atoms with E-state index >= 15 is 0 Å². The lowest BCUT2D eigenvalue weighted by Gasteiger charge is -2.18. The number of fused-ring (bicyclic) bond motifs is 1. The molecule has 0 radical (unpaired) electrons. The molecule has 0 saturated carbocycles. The van der Waals surface area contributed by atoms with Gasteiger partial charge in [0.1, 0.15) is 19.0 Å². The minimum Gasteiger partial charge on any atom is -0.493 e. The van der Waals surface area contributed by atoms with Crippen molar-refractivity contribution in [1.82, 2.24) is 9.78 Å². The fourth-order valence-corrected chi connectivity index (χ4v) is 3.97. The third-order valence-corrected chi connectivity index (χ3v) is 5.67. The molecule has 0 saturated heterocycles. The van der Waals surface area contributed by atoms with Gasteiger partial charge < -0.3 is 24.3 Å². The Bertz CT molecular complexity index is 1070. The lowest BCUT2D eigenvalue weighted by molar-refractivity contribution is -0.113. The van der Waals surface area contributed by atoms with Gasteiger partial charge in [-0.25, -0.2) is 4.68 Å². The zero-order chi connectivity index (χ0) is 21.6. The number of aromatic nitrogens is 2. The molecule has 31 heavy (non-hydrogen) atoms. The van der Waals surface area contributed by atoms with Crippen LogP contribution in [0.1, 0.15) is 5.56 Å². The lowest BCUT2D eigenvalue weighted by atomic mass is 10.2. The summed E-state index contributed by atoms with van der Waals surface area (Å²) in [4.78, 5) is 13.5. The van der Waals surface area contributed by atoms with Crippen LogP contribution in [0.5, 0.6) is 23.0 Å². The monoisotopic (exact) mass is 441 g/mol. The second-order valence-corrected chi connectivity index (χ2v) is 7.72. The van der Waals surface area contributed by atoms with Gasteiger partial charge in [0, 0.05) is 16.5 Å². The van der Waals surface area contributed by atoms with Crippen LogP contribution in [-0.2, 0) is 11.3 Å². The summed E-state index contributed by atoms with van der Waals surface area (Å²) < 4.78 is 23.7. The van der Waals surface area contributed by atoms with Crippen molar-refractivity contribution >= 4 is 23.5 Å². The Morgan fingerprint density at radius 2 is 1.97 bits per heavy atom. The smallest absolute Gasteiger partial charge is 0.235 e. The zero-order valence-electron chi connectivity index (χ0n) is 17.3. The molecule has 0 fully saturated rings. The second kappa shape index (κ2) is 9.65. The van der Waals surface area contributed by atoms with E-state index in [2.05, 4.69) is 10.4 Å². The summed E-state index contributed by atoms with van der Waals surface area (Å²) in [5.41, 5.74) is 0.895. The number of ether oxygens (including phenoxy) is 4. The fourth-order valence-electron chi connectivity index (χ4n) is 3.25. The van der Waals surface area contributed by atoms with Crippen molar-refractivity contribution in [2.75, 3.05) is 38.5 Å². The van der Waals surface area contributed by atoms with Crippen molar-refractivity contribution in [2.24, 2.45) is 0 Å². The molecule has 2 heterocycles. The van der Waals surface area contributed by atoms with Gasteiger partial charge >= 0.3 is 0 Å².